The molecule has 2 heterocycles. The van der Waals surface area contributed by atoms with Gasteiger partial charge in [-0.25, -0.2) is 4.98 Å². The molecule has 0 fully saturated rings. The van der Waals surface area contributed by atoms with Crippen molar-refractivity contribution >= 4 is 22.5 Å². The maximum absolute atomic E-state index is 11.7. The fourth-order valence-corrected chi connectivity index (χ4v) is 1.97. The van der Waals surface area contributed by atoms with E-state index in [2.05, 4.69) is 21.9 Å². The Labute approximate surface area is 115 Å². The summed E-state index contributed by atoms with van der Waals surface area (Å²) in [5.41, 5.74) is 0.940. The first-order valence-electron chi connectivity index (χ1n) is 6.14. The molecule has 0 aliphatic carbocycles. The van der Waals surface area contributed by atoms with Gasteiger partial charge in [0, 0.05) is 24.4 Å². The lowest BCUT2D eigenvalue weighted by Gasteiger charge is -2.08. The topological polar surface area (TPSA) is 95.1 Å². The van der Waals surface area contributed by atoms with Crippen molar-refractivity contribution in [1.29, 1.82) is 0 Å². The van der Waals surface area contributed by atoms with Crippen molar-refractivity contribution in [2.75, 3.05) is 7.05 Å². The molecule has 1 amide bonds. The SMILES string of the molecule is C=C(C(=O)NC)c1cnc2[nH]c(=O)c(CC)c(O)c2c1. The Kier molecular flexibility index (Phi) is 3.56. The summed E-state index contributed by atoms with van der Waals surface area (Å²) < 4.78 is 0. The maximum Gasteiger partial charge on any atom is 0.256 e. The molecule has 0 aromatic carbocycles. The Hall–Kier alpha value is -2.63. The van der Waals surface area contributed by atoms with E-state index in [1.165, 1.54) is 13.2 Å². The van der Waals surface area contributed by atoms with Crippen LogP contribution in [-0.4, -0.2) is 28.0 Å². The van der Waals surface area contributed by atoms with Crippen LogP contribution in [-0.2, 0) is 11.2 Å². The first-order chi connectivity index (χ1) is 9.49. The van der Waals surface area contributed by atoms with Gasteiger partial charge in [-0.2, -0.15) is 0 Å². The van der Waals surface area contributed by atoms with Gasteiger partial charge >= 0.3 is 0 Å². The number of aromatic nitrogens is 2. The molecule has 0 spiro atoms. The number of rotatable bonds is 3. The average Bonchev–Trinajstić information content (AvgIpc) is 2.45. The van der Waals surface area contributed by atoms with E-state index >= 15 is 0 Å². The molecule has 0 unspecified atom stereocenters. The van der Waals surface area contributed by atoms with Gasteiger partial charge in [-0.3, -0.25) is 9.59 Å². The summed E-state index contributed by atoms with van der Waals surface area (Å²) in [6.07, 6.45) is 1.83. The van der Waals surface area contributed by atoms with E-state index in [9.17, 15) is 14.7 Å². The van der Waals surface area contributed by atoms with Gasteiger partial charge in [-0.05, 0) is 12.5 Å². The normalized spacial score (nSPS) is 10.5. The van der Waals surface area contributed by atoms with Crippen molar-refractivity contribution in [3.8, 4) is 5.75 Å². The molecular formula is C14H15N3O3. The Morgan fingerprint density at radius 1 is 1.55 bits per heavy atom. The fraction of sp³-hybridized carbons (Fsp3) is 0.214. The summed E-state index contributed by atoms with van der Waals surface area (Å²) >= 11 is 0. The number of nitrogens with one attached hydrogen (secondary N) is 2. The highest BCUT2D eigenvalue weighted by atomic mass is 16.3. The molecule has 0 aliphatic heterocycles. The van der Waals surface area contributed by atoms with Crippen LogP contribution in [0, 0.1) is 0 Å². The van der Waals surface area contributed by atoms with Crippen LogP contribution in [0.4, 0.5) is 0 Å². The molecule has 0 atom stereocenters. The van der Waals surface area contributed by atoms with Gasteiger partial charge < -0.3 is 15.4 Å². The van der Waals surface area contributed by atoms with Crippen molar-refractivity contribution in [3.63, 3.8) is 0 Å². The van der Waals surface area contributed by atoms with Crippen molar-refractivity contribution in [1.82, 2.24) is 15.3 Å². The van der Waals surface area contributed by atoms with E-state index in [1.807, 2.05) is 0 Å². The summed E-state index contributed by atoms with van der Waals surface area (Å²) in [6.45, 7) is 5.46. The van der Waals surface area contributed by atoms with Gasteiger partial charge in [-0.15, -0.1) is 0 Å². The van der Waals surface area contributed by atoms with Gasteiger partial charge in [0.2, 0.25) is 0 Å². The summed E-state index contributed by atoms with van der Waals surface area (Å²) in [4.78, 5) is 29.9. The van der Waals surface area contributed by atoms with E-state index < -0.39 is 0 Å². The van der Waals surface area contributed by atoms with E-state index in [0.717, 1.165) is 0 Å². The molecule has 2 aromatic heterocycles. The molecule has 104 valence electrons. The van der Waals surface area contributed by atoms with E-state index in [4.69, 9.17) is 0 Å². The maximum atomic E-state index is 11.7. The predicted octanol–water partition coefficient (Wildman–Crippen LogP) is 0.950. The van der Waals surface area contributed by atoms with Crippen molar-refractivity contribution in [2.45, 2.75) is 13.3 Å². The second-order valence-electron chi connectivity index (χ2n) is 4.31. The van der Waals surface area contributed by atoms with E-state index in [1.54, 1.807) is 13.0 Å². The van der Waals surface area contributed by atoms with Gasteiger partial charge in [0.1, 0.15) is 11.4 Å². The van der Waals surface area contributed by atoms with E-state index in [0.29, 0.717) is 22.9 Å². The van der Waals surface area contributed by atoms with Gasteiger partial charge in [0.15, 0.2) is 0 Å². The molecule has 6 heteroatoms. The van der Waals surface area contributed by atoms with Crippen LogP contribution in [0.2, 0.25) is 0 Å². The lowest BCUT2D eigenvalue weighted by atomic mass is 10.1. The van der Waals surface area contributed by atoms with Crippen molar-refractivity contribution in [3.05, 3.63) is 40.3 Å². The number of hydrogen-bond donors (Lipinski definition) is 3. The molecule has 2 rings (SSSR count). The van der Waals surface area contributed by atoms with Gasteiger partial charge in [0.25, 0.3) is 11.5 Å². The van der Waals surface area contributed by atoms with Crippen LogP contribution in [0.3, 0.4) is 0 Å². The minimum Gasteiger partial charge on any atom is -0.507 e. The number of amides is 1. The highest BCUT2D eigenvalue weighted by Gasteiger charge is 2.14. The van der Waals surface area contributed by atoms with Crippen LogP contribution in [0.25, 0.3) is 16.6 Å². The smallest absolute Gasteiger partial charge is 0.256 e. The monoisotopic (exact) mass is 273 g/mol. The summed E-state index contributed by atoms with van der Waals surface area (Å²) in [7, 11) is 1.51. The average molecular weight is 273 g/mol. The zero-order valence-electron chi connectivity index (χ0n) is 11.3. The second-order valence-corrected chi connectivity index (χ2v) is 4.31. The number of nitrogens with zero attached hydrogens (tertiary/aromatic N) is 1. The van der Waals surface area contributed by atoms with Crippen LogP contribution >= 0.6 is 0 Å². The molecular weight excluding hydrogens is 258 g/mol. The number of pyridine rings is 2. The van der Waals surface area contributed by atoms with Crippen LogP contribution < -0.4 is 10.9 Å². The summed E-state index contributed by atoms with van der Waals surface area (Å²) in [6, 6.07) is 1.59. The summed E-state index contributed by atoms with van der Waals surface area (Å²) in [5, 5.41) is 13.0. The molecule has 0 aliphatic rings. The van der Waals surface area contributed by atoms with E-state index in [-0.39, 0.29) is 28.4 Å². The molecule has 0 bridgehead atoms. The second kappa shape index (κ2) is 5.16. The number of carbonyl (C=O) groups is 1. The molecule has 2 aromatic rings. The largest absolute Gasteiger partial charge is 0.507 e. The van der Waals surface area contributed by atoms with Crippen LogP contribution in [0.1, 0.15) is 18.1 Å². The number of hydrogen-bond acceptors (Lipinski definition) is 4. The zero-order chi connectivity index (χ0) is 14.9. The van der Waals surface area contributed by atoms with Crippen LogP contribution in [0.5, 0.6) is 5.75 Å². The molecule has 0 saturated heterocycles. The standard InChI is InChI=1S/C14H15N3O3/c1-4-9-11(18)10-5-8(7(2)13(19)15-3)6-16-12(10)17-14(9)20/h5-6H,2,4H2,1,3H3,(H,15,19)(H2,16,17,18,20). The third-order valence-corrected chi connectivity index (χ3v) is 3.14. The third kappa shape index (κ3) is 2.16. The van der Waals surface area contributed by atoms with Crippen molar-refractivity contribution in [2.24, 2.45) is 0 Å². The number of aromatic hydroxyl groups is 1. The van der Waals surface area contributed by atoms with Crippen LogP contribution in [0.15, 0.2) is 23.6 Å². The summed E-state index contributed by atoms with van der Waals surface area (Å²) in [5.74, 6) is -0.434. The first-order valence-corrected chi connectivity index (χ1v) is 6.14. The molecule has 3 N–H and O–H groups in total. The number of fused-ring (bicyclic) bond motifs is 1. The zero-order valence-corrected chi connectivity index (χ0v) is 11.3. The fourth-order valence-electron chi connectivity index (χ4n) is 1.97. The highest BCUT2D eigenvalue weighted by molar-refractivity contribution is 6.19. The molecule has 0 radical (unpaired) electrons. The Morgan fingerprint density at radius 3 is 2.85 bits per heavy atom. The number of likely N-dealkylation sites (N-methyl/N-ethyl adjacent to an activating group) is 1. The van der Waals surface area contributed by atoms with Crippen molar-refractivity contribution < 1.29 is 9.90 Å². The number of carbonyl (C=O) groups excluding carboxylic acids is 1. The minimum absolute atomic E-state index is 0.106. The first kappa shape index (κ1) is 13.8. The molecule has 6 nitrogen and oxygen atoms in total. The lowest BCUT2D eigenvalue weighted by Crippen LogP contribution is -2.18. The third-order valence-electron chi connectivity index (χ3n) is 3.14. The van der Waals surface area contributed by atoms with Gasteiger partial charge in [-0.1, -0.05) is 13.5 Å². The Morgan fingerprint density at radius 2 is 2.25 bits per heavy atom. The molecule has 20 heavy (non-hydrogen) atoms. The Bertz CT molecular complexity index is 762. The number of aromatic amines is 1. The minimum atomic E-state index is -0.358. The number of H-pyrrole nitrogens is 1. The van der Waals surface area contributed by atoms with Gasteiger partial charge in [0.05, 0.1) is 10.9 Å². The highest BCUT2D eigenvalue weighted by Crippen LogP contribution is 2.26. The predicted molar refractivity (Wildman–Crippen MR) is 76.5 cm³/mol. The molecule has 0 saturated carbocycles. The Balaban J connectivity index is 2.68. The lowest BCUT2D eigenvalue weighted by molar-refractivity contribution is -0.115. The quantitative estimate of drug-likeness (QED) is 0.726.